The van der Waals surface area contributed by atoms with Crippen LogP contribution in [0.4, 0.5) is 0 Å². The fraction of sp³-hybridized carbons (Fsp3) is 0.659. The Morgan fingerprint density at radius 2 is 1.28 bits per heavy atom. The number of aromatic hydroxyl groups is 2. The summed E-state index contributed by atoms with van der Waals surface area (Å²) in [6.07, 6.45) is 16.3. The van der Waals surface area contributed by atoms with Crippen LogP contribution in [0.3, 0.4) is 0 Å². The highest BCUT2D eigenvalue weighted by Crippen LogP contribution is 2.38. The first kappa shape index (κ1) is 38.1. The molecule has 0 saturated heterocycles. The van der Waals surface area contributed by atoms with Crippen molar-refractivity contribution in [2.24, 2.45) is 9.98 Å². The molecule has 2 aromatic carbocycles. The molecule has 1 aliphatic carbocycles. The minimum atomic E-state index is -0.184. The molecule has 50 heavy (non-hydrogen) atoms. The van der Waals surface area contributed by atoms with Crippen molar-refractivity contribution in [2.45, 2.75) is 161 Å². The molecule has 2 aliphatic heterocycles. The van der Waals surface area contributed by atoms with Gasteiger partial charge in [-0.1, -0.05) is 87.3 Å². The van der Waals surface area contributed by atoms with E-state index in [-0.39, 0.29) is 28.3 Å². The molecule has 5 rings (SSSR count). The van der Waals surface area contributed by atoms with Gasteiger partial charge in [-0.2, -0.15) is 0 Å². The topological polar surface area (TPSA) is 71.4 Å². The maximum atomic E-state index is 11.6. The van der Waals surface area contributed by atoms with Crippen molar-refractivity contribution in [1.29, 1.82) is 0 Å². The molecule has 6 nitrogen and oxygen atoms in total. The van der Waals surface area contributed by atoms with Gasteiger partial charge in [0, 0.05) is 42.0 Å². The molecule has 1 saturated carbocycles. The summed E-state index contributed by atoms with van der Waals surface area (Å²) >= 11 is 0. The third-order valence-corrected chi connectivity index (χ3v) is 11.2. The van der Waals surface area contributed by atoms with E-state index in [4.69, 9.17) is 9.98 Å². The van der Waals surface area contributed by atoms with Crippen LogP contribution in [-0.2, 0) is 22.7 Å². The molecular formula is C44H67N4O2+. The van der Waals surface area contributed by atoms with E-state index in [0.29, 0.717) is 11.5 Å². The molecule has 274 valence electrons. The largest absolute Gasteiger partial charge is 0.507 e. The predicted octanol–water partition coefficient (Wildman–Crippen LogP) is 9.46. The van der Waals surface area contributed by atoms with Crippen LogP contribution >= 0.6 is 0 Å². The van der Waals surface area contributed by atoms with E-state index in [9.17, 15) is 10.2 Å². The molecule has 6 heteroatoms. The van der Waals surface area contributed by atoms with Gasteiger partial charge in [0.2, 0.25) is 5.84 Å². The van der Waals surface area contributed by atoms with Gasteiger partial charge in [0.05, 0.1) is 38.3 Å². The lowest BCUT2D eigenvalue weighted by molar-refractivity contribution is -0.539. The van der Waals surface area contributed by atoms with Crippen molar-refractivity contribution in [2.75, 3.05) is 26.2 Å². The molecule has 2 N–H and O–H groups in total. The van der Waals surface area contributed by atoms with Gasteiger partial charge in [-0.25, -0.2) is 0 Å². The van der Waals surface area contributed by atoms with E-state index in [1.165, 1.54) is 56.3 Å². The number of aryl methyl sites for hydroxylation is 1. The summed E-state index contributed by atoms with van der Waals surface area (Å²) in [5.74, 6) is 2.26. The highest BCUT2D eigenvalue weighted by molar-refractivity contribution is 5.86. The first-order valence-corrected chi connectivity index (χ1v) is 19.7. The zero-order chi connectivity index (χ0) is 36.3. The van der Waals surface area contributed by atoms with Gasteiger partial charge in [-0.05, 0) is 90.0 Å². The number of amidine groups is 1. The number of aliphatic imine (C=N–C) groups is 2. The quantitative estimate of drug-likeness (QED) is 0.215. The summed E-state index contributed by atoms with van der Waals surface area (Å²) < 4.78 is 2.64. The Morgan fingerprint density at radius 1 is 0.700 bits per heavy atom. The fourth-order valence-electron chi connectivity index (χ4n) is 7.92. The Balaban J connectivity index is 1.36. The zero-order valence-corrected chi connectivity index (χ0v) is 32.9. The van der Waals surface area contributed by atoms with Gasteiger partial charge in [-0.3, -0.25) is 19.5 Å². The van der Waals surface area contributed by atoms with Crippen LogP contribution in [0, 0.1) is 0 Å². The van der Waals surface area contributed by atoms with Crippen molar-refractivity contribution in [3.05, 3.63) is 57.6 Å². The van der Waals surface area contributed by atoms with Gasteiger partial charge in [0.15, 0.2) is 0 Å². The molecule has 0 radical (unpaired) electrons. The molecule has 1 unspecified atom stereocenters. The number of benzene rings is 2. The fourth-order valence-corrected chi connectivity index (χ4v) is 7.92. The lowest BCUT2D eigenvalue weighted by Crippen LogP contribution is -2.44. The van der Waals surface area contributed by atoms with Gasteiger partial charge < -0.3 is 10.2 Å². The van der Waals surface area contributed by atoms with E-state index in [1.807, 2.05) is 12.4 Å². The van der Waals surface area contributed by atoms with E-state index in [2.05, 4.69) is 96.1 Å². The summed E-state index contributed by atoms with van der Waals surface area (Å²) in [5, 5.41) is 23.0. The Kier molecular flexibility index (Phi) is 11.9. The normalized spacial score (nSPS) is 21.3. The highest BCUT2D eigenvalue weighted by Gasteiger charge is 2.29. The van der Waals surface area contributed by atoms with Gasteiger partial charge in [-0.15, -0.1) is 0 Å². The number of hydrogen-bond donors (Lipinski definition) is 2. The van der Waals surface area contributed by atoms with E-state index < -0.39 is 0 Å². The second-order valence-electron chi connectivity index (χ2n) is 18.4. The Bertz CT molecular complexity index is 1580. The third kappa shape index (κ3) is 9.39. The minimum Gasteiger partial charge on any atom is -0.507 e. The first-order chi connectivity index (χ1) is 23.5. The summed E-state index contributed by atoms with van der Waals surface area (Å²) in [6, 6.07) is 8.69. The van der Waals surface area contributed by atoms with Crippen LogP contribution in [0.15, 0.2) is 34.3 Å². The predicted molar refractivity (Wildman–Crippen MR) is 212 cm³/mol. The average molecular weight is 684 g/mol. The van der Waals surface area contributed by atoms with E-state index in [0.717, 1.165) is 73.9 Å². The van der Waals surface area contributed by atoms with Gasteiger partial charge in [0.1, 0.15) is 11.5 Å². The van der Waals surface area contributed by atoms with Crippen LogP contribution in [0.1, 0.15) is 160 Å². The van der Waals surface area contributed by atoms with Gasteiger partial charge >= 0.3 is 0 Å². The number of nitrogens with zero attached hydrogens (tertiary/aromatic N) is 4. The van der Waals surface area contributed by atoms with Crippen molar-refractivity contribution in [3.8, 4) is 11.5 Å². The summed E-state index contributed by atoms with van der Waals surface area (Å²) in [5.41, 5.74) is 5.74. The number of hydrogen-bond acceptors (Lipinski definition) is 5. The standard InChI is InChI=1S/C44H66N4O2/c1-42(2,3)34-25-31(17-15-22-48-24-16-23-47-21-14-10-11-20-39(47)48)40(49)32(26-34)29-45-37-18-12-13-19-38(37)46-30-33-27-35(43(4,5)6)28-36(41(33)50)44(7,8)9/h25-30,37-38H,10-24H2,1-9H3,(H-,45,46,49,50)/p+1/t37?,38-/m0/s1. The SMILES string of the molecule is CC(C)(C)c1cc(C=NC2CCCC[C@@H]2N=Cc2cc(C(C)(C)C)cc(C(C)(C)C)c2O)c(O)c(CCCN2CCC[N+]3=C2CCCCC3)c1. The molecular weight excluding hydrogens is 617 g/mol. The lowest BCUT2D eigenvalue weighted by Gasteiger charge is -2.28. The highest BCUT2D eigenvalue weighted by atomic mass is 16.3. The Labute approximate surface area is 303 Å². The molecule has 2 heterocycles. The number of rotatable bonds is 8. The molecule has 0 bridgehead atoms. The molecule has 0 aromatic heterocycles. The Hall–Kier alpha value is -3.15. The molecule has 2 atom stereocenters. The second-order valence-corrected chi connectivity index (χ2v) is 18.4. The number of phenols is 2. The maximum Gasteiger partial charge on any atom is 0.246 e. The van der Waals surface area contributed by atoms with Crippen LogP contribution in [-0.4, -0.2) is 76.2 Å². The second kappa shape index (κ2) is 15.6. The molecule has 0 spiro atoms. The zero-order valence-electron chi connectivity index (χ0n) is 32.9. The summed E-state index contributed by atoms with van der Waals surface area (Å²) in [6.45, 7) is 24.4. The van der Waals surface area contributed by atoms with Gasteiger partial charge in [0.25, 0.3) is 0 Å². The van der Waals surface area contributed by atoms with Crippen molar-refractivity contribution >= 4 is 18.3 Å². The molecule has 3 aliphatic rings. The molecule has 2 aromatic rings. The van der Waals surface area contributed by atoms with Crippen LogP contribution in [0.2, 0.25) is 0 Å². The number of phenolic OH excluding ortho intramolecular Hbond substituents is 2. The van der Waals surface area contributed by atoms with Crippen molar-refractivity contribution in [1.82, 2.24) is 4.90 Å². The third-order valence-electron chi connectivity index (χ3n) is 11.2. The molecule has 0 amide bonds. The molecule has 1 fully saturated rings. The monoisotopic (exact) mass is 684 g/mol. The van der Waals surface area contributed by atoms with Crippen molar-refractivity contribution < 1.29 is 14.8 Å². The summed E-state index contributed by atoms with van der Waals surface area (Å²) in [4.78, 5) is 12.9. The summed E-state index contributed by atoms with van der Waals surface area (Å²) in [7, 11) is 0. The average Bonchev–Trinajstić information content (AvgIpc) is 3.29. The lowest BCUT2D eigenvalue weighted by atomic mass is 9.79. The van der Waals surface area contributed by atoms with Crippen molar-refractivity contribution in [3.63, 3.8) is 0 Å². The van der Waals surface area contributed by atoms with Crippen LogP contribution in [0.5, 0.6) is 11.5 Å². The smallest absolute Gasteiger partial charge is 0.246 e. The maximum absolute atomic E-state index is 11.6. The van der Waals surface area contributed by atoms with Crippen LogP contribution in [0.25, 0.3) is 0 Å². The first-order valence-electron chi connectivity index (χ1n) is 19.7. The van der Waals surface area contributed by atoms with Crippen LogP contribution < -0.4 is 0 Å². The minimum absolute atomic E-state index is 0.0359. The van der Waals surface area contributed by atoms with E-state index >= 15 is 0 Å². The Morgan fingerprint density at radius 3 is 1.88 bits per heavy atom. The van der Waals surface area contributed by atoms with E-state index in [1.54, 1.807) is 5.84 Å².